The van der Waals surface area contributed by atoms with Crippen LogP contribution in [0.5, 0.6) is 11.5 Å². The van der Waals surface area contributed by atoms with E-state index in [2.05, 4.69) is 29.1 Å². The van der Waals surface area contributed by atoms with Crippen LogP contribution in [0, 0.1) is 0 Å². The molecule has 158 valence electrons. The number of methoxy groups -OCH3 is 2. The van der Waals surface area contributed by atoms with E-state index in [1.54, 1.807) is 12.1 Å². The number of nitrogens with two attached hydrogens (primary N) is 1. The van der Waals surface area contributed by atoms with Crippen LogP contribution < -0.4 is 31.0 Å². The molecule has 0 saturated carbocycles. The molecular formula is C19H28N5O4S+. The van der Waals surface area contributed by atoms with Gasteiger partial charge in [-0.15, -0.1) is 0 Å². The molecule has 0 aliphatic heterocycles. The lowest BCUT2D eigenvalue weighted by molar-refractivity contribution is -0.893. The molecule has 0 atom stereocenters. The van der Waals surface area contributed by atoms with E-state index in [1.807, 2.05) is 0 Å². The van der Waals surface area contributed by atoms with Crippen LogP contribution in [0.1, 0.15) is 24.2 Å². The van der Waals surface area contributed by atoms with Gasteiger partial charge in [-0.3, -0.25) is 14.6 Å². The zero-order valence-electron chi connectivity index (χ0n) is 17.1. The van der Waals surface area contributed by atoms with Gasteiger partial charge in [0.1, 0.15) is 5.69 Å². The van der Waals surface area contributed by atoms with Crippen LogP contribution in [0.15, 0.2) is 28.2 Å². The number of thioether (sulfide) groups is 1. The summed E-state index contributed by atoms with van der Waals surface area (Å²) in [7, 11) is 2.98. The Bertz CT molecular complexity index is 899. The summed E-state index contributed by atoms with van der Waals surface area (Å²) in [6, 6.07) is 4.69. The third-order valence-corrected chi connectivity index (χ3v) is 5.38. The first-order valence-electron chi connectivity index (χ1n) is 9.32. The molecule has 0 aliphatic rings. The first kappa shape index (κ1) is 22.6. The topological polar surface area (TPSA) is 124 Å². The number of aromatic amines is 1. The summed E-state index contributed by atoms with van der Waals surface area (Å²) in [4.78, 5) is 33.3. The number of aromatic nitrogens is 2. The van der Waals surface area contributed by atoms with Crippen molar-refractivity contribution < 1.29 is 19.2 Å². The van der Waals surface area contributed by atoms with Crippen LogP contribution in [-0.4, -0.2) is 55.5 Å². The predicted octanol–water partition coefficient (Wildman–Crippen LogP) is 0.638. The molecule has 0 unspecified atom stereocenters. The molecule has 1 aromatic carbocycles. The van der Waals surface area contributed by atoms with Gasteiger partial charge in [-0.1, -0.05) is 11.8 Å². The lowest BCUT2D eigenvalue weighted by Crippen LogP contribution is -3.11. The van der Waals surface area contributed by atoms with Gasteiger partial charge in [-0.05, 0) is 32.0 Å². The second-order valence-corrected chi connectivity index (χ2v) is 7.29. The highest BCUT2D eigenvalue weighted by Crippen LogP contribution is 2.28. The molecule has 0 aliphatic carbocycles. The van der Waals surface area contributed by atoms with Gasteiger partial charge in [0.15, 0.2) is 22.5 Å². The Labute approximate surface area is 174 Å². The Hall–Kier alpha value is -2.72. The van der Waals surface area contributed by atoms with E-state index in [1.165, 1.54) is 36.9 Å². The number of carbonyl (C=O) groups is 1. The maximum absolute atomic E-state index is 12.5. The maximum Gasteiger partial charge on any atom is 0.277 e. The summed E-state index contributed by atoms with van der Waals surface area (Å²) in [5.74, 6) is 1.17. The molecule has 1 heterocycles. The fraction of sp³-hybridized carbons (Fsp3) is 0.421. The normalized spacial score (nSPS) is 10.8. The largest absolute Gasteiger partial charge is 0.493 e. The first-order valence-corrected chi connectivity index (χ1v) is 10.3. The molecule has 2 aromatic rings. The lowest BCUT2D eigenvalue weighted by atomic mass is 10.2. The number of hydrogen-bond donors (Lipinski definition) is 4. The number of amides is 1. The highest BCUT2D eigenvalue weighted by atomic mass is 32.2. The minimum atomic E-state index is -0.504. The van der Waals surface area contributed by atoms with Crippen LogP contribution in [0.25, 0.3) is 0 Å². The van der Waals surface area contributed by atoms with E-state index in [0.29, 0.717) is 22.2 Å². The second kappa shape index (κ2) is 10.7. The number of ether oxygens (including phenoxy) is 2. The number of nitrogens with one attached hydrogen (secondary N) is 3. The molecule has 0 spiro atoms. The standard InChI is InChI=1S/C19H27N5O4S/c1-5-24(6-2)9-10-29-19-22-16(20)15(18(26)23-19)21-17(25)12-7-8-13(27-3)14(11-12)28-4/h7-8,11H,5-6,9-10H2,1-4H3,(H,21,25)(H3,20,22,23,26)/p+1. The van der Waals surface area contributed by atoms with Crippen molar-refractivity contribution in [2.75, 3.05) is 50.7 Å². The average molecular weight is 423 g/mol. The van der Waals surface area contributed by atoms with E-state index in [4.69, 9.17) is 15.2 Å². The van der Waals surface area contributed by atoms with Gasteiger partial charge >= 0.3 is 0 Å². The highest BCUT2D eigenvalue weighted by molar-refractivity contribution is 7.99. The third-order valence-electron chi connectivity index (χ3n) is 4.50. The average Bonchev–Trinajstić information content (AvgIpc) is 2.73. The Morgan fingerprint density at radius 3 is 2.52 bits per heavy atom. The van der Waals surface area contributed by atoms with Crippen molar-refractivity contribution in [2.45, 2.75) is 19.0 Å². The molecule has 9 nitrogen and oxygen atoms in total. The van der Waals surface area contributed by atoms with E-state index in [0.717, 1.165) is 25.4 Å². The number of quaternary nitrogens is 1. The van der Waals surface area contributed by atoms with E-state index in [9.17, 15) is 9.59 Å². The zero-order valence-corrected chi connectivity index (χ0v) is 17.9. The van der Waals surface area contributed by atoms with Crippen molar-refractivity contribution in [1.82, 2.24) is 9.97 Å². The number of nitrogen functional groups attached to an aromatic ring is 1. The summed E-state index contributed by atoms with van der Waals surface area (Å²) in [6.45, 7) is 7.32. The number of benzene rings is 1. The Morgan fingerprint density at radius 2 is 1.93 bits per heavy atom. The smallest absolute Gasteiger partial charge is 0.277 e. The number of nitrogens with zero attached hydrogens (tertiary/aromatic N) is 1. The summed E-state index contributed by atoms with van der Waals surface area (Å²) < 4.78 is 10.4. The van der Waals surface area contributed by atoms with Crippen LogP contribution in [0.3, 0.4) is 0 Å². The Balaban J connectivity index is 2.11. The minimum absolute atomic E-state index is 0.0275. The Kier molecular flexibility index (Phi) is 8.34. The van der Waals surface area contributed by atoms with Crippen molar-refractivity contribution in [3.8, 4) is 11.5 Å². The van der Waals surface area contributed by atoms with Crippen molar-refractivity contribution in [2.24, 2.45) is 0 Å². The third kappa shape index (κ3) is 5.88. The molecule has 0 radical (unpaired) electrons. The van der Waals surface area contributed by atoms with Crippen LogP contribution >= 0.6 is 11.8 Å². The molecule has 5 N–H and O–H groups in total. The first-order chi connectivity index (χ1) is 13.9. The number of anilines is 2. The molecule has 2 rings (SSSR count). The van der Waals surface area contributed by atoms with Gasteiger partial charge in [0, 0.05) is 5.56 Å². The Morgan fingerprint density at radius 1 is 1.24 bits per heavy atom. The van der Waals surface area contributed by atoms with Gasteiger partial charge in [0.25, 0.3) is 11.5 Å². The number of hydrogen-bond acceptors (Lipinski definition) is 7. The minimum Gasteiger partial charge on any atom is -0.493 e. The molecule has 1 amide bonds. The summed E-state index contributed by atoms with van der Waals surface area (Å²) in [5.41, 5.74) is 5.64. The van der Waals surface area contributed by atoms with Gasteiger partial charge in [-0.25, -0.2) is 4.98 Å². The van der Waals surface area contributed by atoms with E-state index in [-0.39, 0.29) is 11.5 Å². The SMILES string of the molecule is CC[NH+](CC)CCSc1nc(N)c(NC(=O)c2ccc(OC)c(OC)c2)c(=O)[nH]1. The summed E-state index contributed by atoms with van der Waals surface area (Å²) >= 11 is 1.43. The zero-order chi connectivity index (χ0) is 21.4. The summed E-state index contributed by atoms with van der Waals surface area (Å²) in [5, 5.41) is 2.96. The monoisotopic (exact) mass is 422 g/mol. The maximum atomic E-state index is 12.5. The van der Waals surface area contributed by atoms with Gasteiger partial charge in [0.05, 0.1) is 39.6 Å². The molecule has 29 heavy (non-hydrogen) atoms. The van der Waals surface area contributed by atoms with Crippen molar-refractivity contribution in [3.05, 3.63) is 34.1 Å². The summed E-state index contributed by atoms with van der Waals surface area (Å²) in [6.07, 6.45) is 0. The van der Waals surface area contributed by atoms with Crippen molar-refractivity contribution in [1.29, 1.82) is 0 Å². The fourth-order valence-corrected chi connectivity index (χ4v) is 3.63. The van der Waals surface area contributed by atoms with Gasteiger partial charge < -0.3 is 25.4 Å². The second-order valence-electron chi connectivity index (χ2n) is 6.21. The molecule has 1 aromatic heterocycles. The van der Waals surface area contributed by atoms with Gasteiger partial charge in [-0.2, -0.15) is 0 Å². The molecule has 0 bridgehead atoms. The molecule has 10 heteroatoms. The lowest BCUT2D eigenvalue weighted by Gasteiger charge is -2.14. The number of H-pyrrole nitrogens is 1. The van der Waals surface area contributed by atoms with Crippen LogP contribution in [0.4, 0.5) is 11.5 Å². The molecular weight excluding hydrogens is 394 g/mol. The number of rotatable bonds is 10. The van der Waals surface area contributed by atoms with Crippen LogP contribution in [0.2, 0.25) is 0 Å². The van der Waals surface area contributed by atoms with Gasteiger partial charge in [0.2, 0.25) is 0 Å². The number of carbonyl (C=O) groups excluding carboxylic acids is 1. The quantitative estimate of drug-likeness (QED) is 0.327. The van der Waals surface area contributed by atoms with E-state index < -0.39 is 11.5 Å². The van der Waals surface area contributed by atoms with Crippen LogP contribution in [-0.2, 0) is 0 Å². The molecule has 0 fully saturated rings. The van der Waals surface area contributed by atoms with E-state index >= 15 is 0 Å². The van der Waals surface area contributed by atoms with Crippen molar-refractivity contribution in [3.63, 3.8) is 0 Å². The van der Waals surface area contributed by atoms with Crippen molar-refractivity contribution >= 4 is 29.2 Å². The predicted molar refractivity (Wildman–Crippen MR) is 114 cm³/mol. The highest BCUT2D eigenvalue weighted by Gasteiger charge is 2.16. The fourth-order valence-electron chi connectivity index (χ4n) is 2.72. The molecule has 0 saturated heterocycles.